The van der Waals surface area contributed by atoms with Crippen molar-refractivity contribution in [3.63, 3.8) is 0 Å². The number of rotatable bonds is 5. The maximum Gasteiger partial charge on any atom is 0.319 e. The Morgan fingerprint density at radius 1 is 1.53 bits per heavy atom. The van der Waals surface area contributed by atoms with Crippen LogP contribution in [0.15, 0.2) is 23.1 Å². The van der Waals surface area contributed by atoms with Crippen LogP contribution < -0.4 is 10.6 Å². The van der Waals surface area contributed by atoms with Gasteiger partial charge in [-0.3, -0.25) is 4.21 Å². The largest absolute Gasteiger partial charge is 0.334 e. The fraction of sp³-hybridized carbons (Fsp3) is 0.417. The maximum absolute atomic E-state index is 13.5. The Labute approximate surface area is 119 Å². The summed E-state index contributed by atoms with van der Waals surface area (Å²) in [6.07, 6.45) is 3.36. The average Bonchev–Trinajstić information content (AvgIpc) is 2.27. The Hall–Kier alpha value is -1.08. The first-order valence-corrected chi connectivity index (χ1v) is 8.58. The summed E-state index contributed by atoms with van der Waals surface area (Å²) in [6.45, 7) is 1.76. The van der Waals surface area contributed by atoms with Crippen molar-refractivity contribution >= 4 is 34.3 Å². The molecule has 2 amide bonds. The highest BCUT2D eigenvalue weighted by molar-refractivity contribution is 7.98. The summed E-state index contributed by atoms with van der Waals surface area (Å²) >= 11 is 1.30. The molecule has 0 unspecified atom stereocenters. The number of hydrogen-bond donors (Lipinski definition) is 2. The van der Waals surface area contributed by atoms with Crippen LogP contribution in [0.25, 0.3) is 0 Å². The molecule has 0 saturated carbocycles. The molecule has 0 spiro atoms. The average molecular weight is 304 g/mol. The number of benzene rings is 1. The van der Waals surface area contributed by atoms with Crippen molar-refractivity contribution in [2.75, 3.05) is 23.6 Å². The molecule has 2 N–H and O–H groups in total. The van der Waals surface area contributed by atoms with E-state index in [1.807, 2.05) is 0 Å². The molecule has 0 saturated heterocycles. The highest BCUT2D eigenvalue weighted by atomic mass is 32.2. The minimum atomic E-state index is -0.972. The molecule has 0 aliphatic heterocycles. The van der Waals surface area contributed by atoms with Crippen molar-refractivity contribution in [3.8, 4) is 0 Å². The van der Waals surface area contributed by atoms with Gasteiger partial charge in [-0.15, -0.1) is 11.8 Å². The van der Waals surface area contributed by atoms with E-state index in [4.69, 9.17) is 0 Å². The topological polar surface area (TPSA) is 58.2 Å². The second-order valence-corrected chi connectivity index (χ2v) is 6.42. The zero-order valence-electron chi connectivity index (χ0n) is 11.0. The van der Waals surface area contributed by atoms with Crippen molar-refractivity contribution < 1.29 is 13.4 Å². The number of urea groups is 1. The third kappa shape index (κ3) is 5.61. The Morgan fingerprint density at radius 2 is 2.21 bits per heavy atom. The van der Waals surface area contributed by atoms with Crippen LogP contribution in [0.1, 0.15) is 6.92 Å². The van der Waals surface area contributed by atoms with Gasteiger partial charge >= 0.3 is 6.03 Å². The third-order valence-electron chi connectivity index (χ3n) is 2.27. The highest BCUT2D eigenvalue weighted by Gasteiger charge is 2.10. The molecule has 7 heteroatoms. The number of anilines is 1. The van der Waals surface area contributed by atoms with E-state index in [2.05, 4.69) is 10.6 Å². The van der Waals surface area contributed by atoms with Gasteiger partial charge in [-0.1, -0.05) is 0 Å². The predicted molar refractivity (Wildman–Crippen MR) is 78.7 cm³/mol. The zero-order valence-corrected chi connectivity index (χ0v) is 12.7. The molecule has 2 atom stereocenters. The molecule has 4 nitrogen and oxygen atoms in total. The van der Waals surface area contributed by atoms with Crippen molar-refractivity contribution in [2.45, 2.75) is 17.9 Å². The second kappa shape index (κ2) is 7.49. The fourth-order valence-corrected chi connectivity index (χ4v) is 2.77. The number of thioether (sulfide) groups is 1. The number of carbonyl (C=O) groups excluding carboxylic acids is 1. The second-order valence-electron chi connectivity index (χ2n) is 4.09. The number of halogens is 1. The van der Waals surface area contributed by atoms with Crippen molar-refractivity contribution in [3.05, 3.63) is 24.0 Å². The van der Waals surface area contributed by atoms with E-state index in [0.717, 1.165) is 0 Å². The van der Waals surface area contributed by atoms with E-state index in [1.165, 1.54) is 17.8 Å². The van der Waals surface area contributed by atoms with E-state index in [-0.39, 0.29) is 11.9 Å². The summed E-state index contributed by atoms with van der Waals surface area (Å²) in [5.41, 5.74) is 0.387. The van der Waals surface area contributed by atoms with Crippen LogP contribution in [0.5, 0.6) is 0 Å². The van der Waals surface area contributed by atoms with Crippen LogP contribution in [-0.4, -0.2) is 34.5 Å². The SMILES string of the molecule is CSc1ccc(NC(=O)N[C@H](C)C[S@](C)=O)cc1F. The molecule has 0 bridgehead atoms. The van der Waals surface area contributed by atoms with Gasteiger partial charge < -0.3 is 10.6 Å². The van der Waals surface area contributed by atoms with Gasteiger partial charge in [0, 0.05) is 39.4 Å². The van der Waals surface area contributed by atoms with Gasteiger partial charge in [-0.2, -0.15) is 0 Å². The summed E-state index contributed by atoms with van der Waals surface area (Å²) in [7, 11) is -0.972. The van der Waals surface area contributed by atoms with Gasteiger partial charge in [0.05, 0.1) is 0 Å². The van der Waals surface area contributed by atoms with Gasteiger partial charge in [-0.05, 0) is 31.4 Å². The van der Waals surface area contributed by atoms with Gasteiger partial charge in [0.15, 0.2) is 0 Å². The molecular weight excluding hydrogens is 287 g/mol. The molecule has 1 rings (SSSR count). The van der Waals surface area contributed by atoms with E-state index < -0.39 is 16.8 Å². The maximum atomic E-state index is 13.5. The quantitative estimate of drug-likeness (QED) is 0.822. The highest BCUT2D eigenvalue weighted by Crippen LogP contribution is 2.22. The number of hydrogen-bond acceptors (Lipinski definition) is 3. The minimum absolute atomic E-state index is 0.207. The predicted octanol–water partition coefficient (Wildman–Crippen LogP) is 2.44. The molecule has 0 radical (unpaired) electrons. The summed E-state index contributed by atoms with van der Waals surface area (Å²) in [6, 6.07) is 3.88. The summed E-state index contributed by atoms with van der Waals surface area (Å²) in [4.78, 5) is 12.1. The summed E-state index contributed by atoms with van der Waals surface area (Å²) < 4.78 is 24.5. The Bertz CT molecular complexity index is 483. The molecule has 0 aliphatic carbocycles. The van der Waals surface area contributed by atoms with Gasteiger partial charge in [0.1, 0.15) is 5.82 Å². The van der Waals surface area contributed by atoms with Crippen molar-refractivity contribution in [1.82, 2.24) is 5.32 Å². The van der Waals surface area contributed by atoms with Gasteiger partial charge in [0.25, 0.3) is 0 Å². The molecule has 1 aromatic carbocycles. The Morgan fingerprint density at radius 3 is 2.74 bits per heavy atom. The standard InChI is InChI=1S/C12H17FN2O2S2/c1-8(7-19(3)17)14-12(16)15-9-4-5-11(18-2)10(13)6-9/h4-6,8H,7H2,1-3H3,(H2,14,15,16)/t8-,19+/m1/s1. The van der Waals surface area contributed by atoms with E-state index in [0.29, 0.717) is 16.3 Å². The molecule has 1 aromatic rings. The first kappa shape index (κ1) is 16.0. The fourth-order valence-electron chi connectivity index (χ4n) is 1.53. The molecule has 0 fully saturated rings. The molecule has 0 heterocycles. The van der Waals surface area contributed by atoms with E-state index in [9.17, 15) is 13.4 Å². The minimum Gasteiger partial charge on any atom is -0.334 e. The smallest absolute Gasteiger partial charge is 0.319 e. The van der Waals surface area contributed by atoms with Crippen LogP contribution >= 0.6 is 11.8 Å². The summed E-state index contributed by atoms with van der Waals surface area (Å²) in [5, 5.41) is 5.18. The van der Waals surface area contributed by atoms with Crippen LogP contribution in [0.2, 0.25) is 0 Å². The van der Waals surface area contributed by atoms with Crippen LogP contribution in [-0.2, 0) is 10.8 Å². The molecular formula is C12H17FN2O2S2. The number of carbonyl (C=O) groups is 1. The molecule has 19 heavy (non-hydrogen) atoms. The summed E-state index contributed by atoms with van der Waals surface area (Å²) in [5.74, 6) is 0.0146. The number of amides is 2. The molecule has 0 aliphatic rings. The van der Waals surface area contributed by atoms with Crippen molar-refractivity contribution in [1.29, 1.82) is 0 Å². The monoisotopic (exact) mass is 304 g/mol. The van der Waals surface area contributed by atoms with Gasteiger partial charge in [-0.25, -0.2) is 9.18 Å². The number of nitrogens with one attached hydrogen (secondary N) is 2. The van der Waals surface area contributed by atoms with Crippen LogP contribution in [0.3, 0.4) is 0 Å². The van der Waals surface area contributed by atoms with E-state index >= 15 is 0 Å². The van der Waals surface area contributed by atoms with E-state index in [1.54, 1.807) is 31.6 Å². The first-order chi connectivity index (χ1) is 8.92. The van der Waals surface area contributed by atoms with Crippen LogP contribution in [0.4, 0.5) is 14.9 Å². The lowest BCUT2D eigenvalue weighted by molar-refractivity contribution is 0.250. The first-order valence-electron chi connectivity index (χ1n) is 5.63. The zero-order chi connectivity index (χ0) is 14.4. The van der Waals surface area contributed by atoms with Crippen LogP contribution in [0, 0.1) is 5.82 Å². The lowest BCUT2D eigenvalue weighted by atomic mass is 10.3. The lowest BCUT2D eigenvalue weighted by Crippen LogP contribution is -2.39. The van der Waals surface area contributed by atoms with Crippen molar-refractivity contribution in [2.24, 2.45) is 0 Å². The normalized spacial score (nSPS) is 13.7. The molecule has 0 aromatic heterocycles. The Balaban J connectivity index is 2.57. The lowest BCUT2D eigenvalue weighted by Gasteiger charge is -2.13. The molecule has 106 valence electrons. The Kier molecular flexibility index (Phi) is 6.30. The van der Waals surface area contributed by atoms with Gasteiger partial charge in [0.2, 0.25) is 0 Å². The third-order valence-corrected chi connectivity index (χ3v) is 4.01.